The largest absolute Gasteiger partial charge is 0.465 e. The molecule has 2 unspecified atom stereocenters. The van der Waals surface area contributed by atoms with Crippen LogP contribution in [0.3, 0.4) is 0 Å². The van der Waals surface area contributed by atoms with Gasteiger partial charge in [-0.05, 0) is 20.4 Å². The number of rotatable bonds is 9. The summed E-state index contributed by atoms with van der Waals surface area (Å²) < 4.78 is 5.02. The molecule has 0 rings (SSSR count). The smallest absolute Gasteiger partial charge is 0.326 e. The summed E-state index contributed by atoms with van der Waals surface area (Å²) in [6, 6.07) is 0. The zero-order chi connectivity index (χ0) is 13.3. The van der Waals surface area contributed by atoms with Crippen molar-refractivity contribution in [3.8, 4) is 0 Å². The van der Waals surface area contributed by atoms with Gasteiger partial charge in [-0.15, -0.1) is 0 Å². The van der Waals surface area contributed by atoms with E-state index in [0.717, 1.165) is 0 Å². The van der Waals surface area contributed by atoms with Crippen molar-refractivity contribution in [3.63, 3.8) is 0 Å². The van der Waals surface area contributed by atoms with Crippen molar-refractivity contribution in [3.05, 3.63) is 0 Å². The summed E-state index contributed by atoms with van der Waals surface area (Å²) >= 11 is 1.41. The van der Waals surface area contributed by atoms with Crippen LogP contribution in [0.15, 0.2) is 0 Å². The number of likely N-dealkylation sites (N-methyl/N-ethyl adjacent to an activating group) is 1. The molecule has 0 bridgehead atoms. The summed E-state index contributed by atoms with van der Waals surface area (Å²) in [5.41, 5.74) is -0.745. The molecule has 0 saturated carbocycles. The Labute approximate surface area is 107 Å². The lowest BCUT2D eigenvalue weighted by atomic mass is 10.1. The van der Waals surface area contributed by atoms with Gasteiger partial charge in [0.1, 0.15) is 5.54 Å². The summed E-state index contributed by atoms with van der Waals surface area (Å²) in [5.74, 6) is 0.612. The molecule has 0 aliphatic heterocycles. The van der Waals surface area contributed by atoms with Crippen LogP contribution in [0.5, 0.6) is 0 Å². The molecule has 0 heterocycles. The molecule has 2 atom stereocenters. The summed E-state index contributed by atoms with van der Waals surface area (Å²) in [5, 5.41) is 21.0. The average molecular weight is 265 g/mol. The van der Waals surface area contributed by atoms with Gasteiger partial charge >= 0.3 is 5.97 Å². The molecular weight excluding hydrogens is 242 g/mol. The van der Waals surface area contributed by atoms with Crippen molar-refractivity contribution in [1.82, 2.24) is 5.32 Å². The summed E-state index contributed by atoms with van der Waals surface area (Å²) in [6.45, 7) is 6.23. The van der Waals surface area contributed by atoms with Crippen molar-refractivity contribution in [2.24, 2.45) is 0 Å². The predicted molar refractivity (Wildman–Crippen MR) is 69.1 cm³/mol. The van der Waals surface area contributed by atoms with Crippen molar-refractivity contribution < 1.29 is 19.7 Å². The lowest BCUT2D eigenvalue weighted by Gasteiger charge is -2.28. The van der Waals surface area contributed by atoms with Gasteiger partial charge in [-0.1, -0.05) is 6.92 Å². The zero-order valence-electron chi connectivity index (χ0n) is 10.7. The van der Waals surface area contributed by atoms with Crippen LogP contribution in [0.1, 0.15) is 20.8 Å². The molecule has 0 fully saturated rings. The Balaban J connectivity index is 4.25. The van der Waals surface area contributed by atoms with Crippen LogP contribution in [-0.2, 0) is 9.53 Å². The quantitative estimate of drug-likeness (QED) is 0.510. The van der Waals surface area contributed by atoms with Crippen LogP contribution in [0.25, 0.3) is 0 Å². The highest BCUT2D eigenvalue weighted by atomic mass is 32.2. The van der Waals surface area contributed by atoms with Crippen LogP contribution >= 0.6 is 11.8 Å². The van der Waals surface area contributed by atoms with E-state index in [1.807, 2.05) is 6.92 Å². The van der Waals surface area contributed by atoms with E-state index in [2.05, 4.69) is 5.32 Å². The topological polar surface area (TPSA) is 78.8 Å². The van der Waals surface area contributed by atoms with Crippen molar-refractivity contribution >= 4 is 17.7 Å². The summed E-state index contributed by atoms with van der Waals surface area (Å²) in [4.78, 5) is 11.8. The number of ether oxygens (including phenoxy) is 1. The second kappa shape index (κ2) is 8.74. The van der Waals surface area contributed by atoms with Gasteiger partial charge in [0.05, 0.1) is 19.3 Å². The lowest BCUT2D eigenvalue weighted by Crippen LogP contribution is -2.52. The molecule has 3 N–H and O–H groups in total. The molecule has 0 aliphatic carbocycles. The van der Waals surface area contributed by atoms with Crippen LogP contribution < -0.4 is 5.32 Å². The molecule has 5 nitrogen and oxygen atoms in total. The third-order valence-electron chi connectivity index (χ3n) is 2.20. The minimum absolute atomic E-state index is 0.260. The first-order valence-corrected chi connectivity index (χ1v) is 6.94. The van der Waals surface area contributed by atoms with E-state index in [9.17, 15) is 9.90 Å². The van der Waals surface area contributed by atoms with Gasteiger partial charge in [0.2, 0.25) is 0 Å². The minimum Gasteiger partial charge on any atom is -0.465 e. The molecule has 6 heteroatoms. The van der Waals surface area contributed by atoms with Gasteiger partial charge in [0.25, 0.3) is 0 Å². The minimum atomic E-state index is -0.745. The number of thioether (sulfide) groups is 1. The van der Waals surface area contributed by atoms with Gasteiger partial charge in [-0.3, -0.25) is 4.79 Å². The highest BCUT2D eigenvalue weighted by Gasteiger charge is 2.33. The van der Waals surface area contributed by atoms with E-state index < -0.39 is 11.6 Å². The lowest BCUT2D eigenvalue weighted by molar-refractivity contribution is -0.149. The molecular formula is C11H23NO4S. The third kappa shape index (κ3) is 6.26. The summed E-state index contributed by atoms with van der Waals surface area (Å²) in [7, 11) is 0. The van der Waals surface area contributed by atoms with Gasteiger partial charge < -0.3 is 20.3 Å². The van der Waals surface area contributed by atoms with Gasteiger partial charge in [-0.2, -0.15) is 11.8 Å². The fourth-order valence-electron chi connectivity index (χ4n) is 1.31. The number of hydrogen-bond acceptors (Lipinski definition) is 6. The van der Waals surface area contributed by atoms with Crippen molar-refractivity contribution in [2.45, 2.75) is 32.4 Å². The standard InChI is InChI=1S/C11H23NO4S/c1-4-12-11(3,10(15)16-5-2)8-17-7-9(14)6-13/h9,12-14H,4-8H2,1-3H3. The number of aliphatic hydroxyl groups excluding tert-OH is 2. The molecule has 0 aliphatic rings. The maximum absolute atomic E-state index is 11.8. The monoisotopic (exact) mass is 265 g/mol. The number of hydrogen-bond donors (Lipinski definition) is 3. The Morgan fingerprint density at radius 2 is 2.18 bits per heavy atom. The molecule has 0 spiro atoms. The number of carbonyl (C=O) groups excluding carboxylic acids is 1. The Kier molecular flexibility index (Phi) is 8.59. The highest BCUT2D eigenvalue weighted by Crippen LogP contribution is 2.16. The van der Waals surface area contributed by atoms with E-state index in [1.165, 1.54) is 11.8 Å². The normalized spacial score (nSPS) is 16.3. The molecule has 17 heavy (non-hydrogen) atoms. The van der Waals surface area contributed by atoms with E-state index in [0.29, 0.717) is 24.7 Å². The van der Waals surface area contributed by atoms with Crippen LogP contribution in [0.4, 0.5) is 0 Å². The van der Waals surface area contributed by atoms with Crippen molar-refractivity contribution in [2.75, 3.05) is 31.3 Å². The Bertz CT molecular complexity index is 228. The second-order valence-electron chi connectivity index (χ2n) is 3.93. The Morgan fingerprint density at radius 1 is 1.53 bits per heavy atom. The highest BCUT2D eigenvalue weighted by molar-refractivity contribution is 7.99. The molecule has 0 saturated heterocycles. The van der Waals surface area contributed by atoms with Gasteiger partial charge in [0, 0.05) is 11.5 Å². The SMILES string of the molecule is CCNC(C)(CSCC(O)CO)C(=O)OCC. The summed E-state index contributed by atoms with van der Waals surface area (Å²) in [6.07, 6.45) is -0.743. The second-order valence-corrected chi connectivity index (χ2v) is 4.96. The average Bonchev–Trinajstić information content (AvgIpc) is 2.29. The first kappa shape index (κ1) is 16.7. The zero-order valence-corrected chi connectivity index (χ0v) is 11.5. The first-order valence-electron chi connectivity index (χ1n) is 5.79. The third-order valence-corrected chi connectivity index (χ3v) is 3.61. The van der Waals surface area contributed by atoms with E-state index in [4.69, 9.17) is 9.84 Å². The molecule has 0 aromatic carbocycles. The fourth-order valence-corrected chi connectivity index (χ4v) is 2.44. The predicted octanol–water partition coefficient (Wildman–Crippen LogP) is 0.00410. The number of carbonyl (C=O) groups is 1. The first-order chi connectivity index (χ1) is 8.00. The number of esters is 1. The maximum atomic E-state index is 11.8. The molecule has 102 valence electrons. The van der Waals surface area contributed by atoms with E-state index >= 15 is 0 Å². The van der Waals surface area contributed by atoms with E-state index in [1.54, 1.807) is 13.8 Å². The van der Waals surface area contributed by atoms with Gasteiger partial charge in [-0.25, -0.2) is 0 Å². The Hall–Kier alpha value is -0.300. The van der Waals surface area contributed by atoms with Crippen molar-refractivity contribution in [1.29, 1.82) is 0 Å². The van der Waals surface area contributed by atoms with E-state index in [-0.39, 0.29) is 12.6 Å². The maximum Gasteiger partial charge on any atom is 0.326 e. The molecule has 0 amide bonds. The molecule has 0 aromatic rings. The fraction of sp³-hybridized carbons (Fsp3) is 0.909. The van der Waals surface area contributed by atoms with Crippen LogP contribution in [-0.4, -0.2) is 59.1 Å². The van der Waals surface area contributed by atoms with Crippen LogP contribution in [0.2, 0.25) is 0 Å². The molecule has 0 radical (unpaired) electrons. The number of aliphatic hydroxyl groups is 2. The van der Waals surface area contributed by atoms with Gasteiger partial charge in [0.15, 0.2) is 0 Å². The number of nitrogens with one attached hydrogen (secondary N) is 1. The Morgan fingerprint density at radius 3 is 2.65 bits per heavy atom. The van der Waals surface area contributed by atoms with Crippen LogP contribution in [0, 0.1) is 0 Å². The molecule has 0 aromatic heterocycles.